The molecular weight excluding hydrogens is 278 g/mol. The van der Waals surface area contributed by atoms with E-state index in [9.17, 15) is 4.79 Å². The van der Waals surface area contributed by atoms with Gasteiger partial charge in [0.2, 0.25) is 5.91 Å². The molecule has 1 aromatic carbocycles. The first-order valence-corrected chi connectivity index (χ1v) is 9.08. The molecule has 1 aliphatic rings. The molecule has 0 saturated carbocycles. The average molecular weight is 305 g/mol. The average Bonchev–Trinajstić information content (AvgIpc) is 2.72. The van der Waals surface area contributed by atoms with E-state index in [1.165, 1.54) is 42.4 Å². The second-order valence-electron chi connectivity index (χ2n) is 6.19. The van der Waals surface area contributed by atoms with Crippen LogP contribution in [0.1, 0.15) is 49.3 Å². The van der Waals surface area contributed by atoms with Gasteiger partial charge >= 0.3 is 0 Å². The van der Waals surface area contributed by atoms with Gasteiger partial charge in [-0.2, -0.15) is 0 Å². The molecule has 2 nitrogen and oxygen atoms in total. The lowest BCUT2D eigenvalue weighted by molar-refractivity contribution is -0.130. The summed E-state index contributed by atoms with van der Waals surface area (Å²) >= 11 is 1.76. The molecule has 0 aliphatic carbocycles. The maximum Gasteiger partial charge on any atom is 0.235 e. The highest BCUT2D eigenvalue weighted by atomic mass is 32.2. The third-order valence-electron chi connectivity index (χ3n) is 4.05. The van der Waals surface area contributed by atoms with Gasteiger partial charge in [-0.3, -0.25) is 4.79 Å². The molecule has 3 heteroatoms. The molecule has 0 N–H and O–H groups in total. The van der Waals surface area contributed by atoms with Gasteiger partial charge in [0.05, 0.1) is 5.25 Å². The molecule has 1 saturated heterocycles. The SMILES string of the molecule is Cc1cc(C)cc(CSC(C)C(=O)N2CCCCCC2)c1. The Morgan fingerprint density at radius 2 is 1.67 bits per heavy atom. The standard InChI is InChI=1S/C18H27NOS/c1-14-10-15(2)12-17(11-14)13-21-16(3)18(20)19-8-6-4-5-7-9-19/h10-12,16H,4-9,13H2,1-3H3. The summed E-state index contributed by atoms with van der Waals surface area (Å²) in [5, 5.41) is 0.0592. The van der Waals surface area contributed by atoms with Crippen LogP contribution in [0.15, 0.2) is 18.2 Å². The first-order valence-electron chi connectivity index (χ1n) is 8.04. The Labute approximate surface area is 133 Å². The van der Waals surface area contributed by atoms with Gasteiger partial charge < -0.3 is 4.90 Å². The predicted molar refractivity (Wildman–Crippen MR) is 91.7 cm³/mol. The minimum Gasteiger partial charge on any atom is -0.342 e. The monoisotopic (exact) mass is 305 g/mol. The van der Waals surface area contributed by atoms with E-state index in [-0.39, 0.29) is 5.25 Å². The number of amides is 1. The Kier molecular flexibility index (Phi) is 6.16. The van der Waals surface area contributed by atoms with Crippen LogP contribution in [0.25, 0.3) is 0 Å². The molecule has 21 heavy (non-hydrogen) atoms. The van der Waals surface area contributed by atoms with Crippen LogP contribution in [0, 0.1) is 13.8 Å². The van der Waals surface area contributed by atoms with Crippen LogP contribution in [0.2, 0.25) is 0 Å². The molecule has 1 heterocycles. The van der Waals surface area contributed by atoms with Crippen LogP contribution in [0.3, 0.4) is 0 Å². The zero-order chi connectivity index (χ0) is 15.2. The molecule has 1 amide bonds. The number of carbonyl (C=O) groups is 1. The topological polar surface area (TPSA) is 20.3 Å². The van der Waals surface area contributed by atoms with Gasteiger partial charge in [0.1, 0.15) is 0 Å². The highest BCUT2D eigenvalue weighted by molar-refractivity contribution is 7.99. The highest BCUT2D eigenvalue weighted by Crippen LogP contribution is 2.22. The largest absolute Gasteiger partial charge is 0.342 e. The van der Waals surface area contributed by atoms with Gasteiger partial charge in [-0.15, -0.1) is 11.8 Å². The lowest BCUT2D eigenvalue weighted by Crippen LogP contribution is -2.37. The fourth-order valence-corrected chi connectivity index (χ4v) is 3.89. The maximum absolute atomic E-state index is 12.5. The van der Waals surface area contributed by atoms with Crippen molar-refractivity contribution in [3.63, 3.8) is 0 Å². The van der Waals surface area contributed by atoms with Crippen molar-refractivity contribution in [2.75, 3.05) is 13.1 Å². The Morgan fingerprint density at radius 3 is 2.24 bits per heavy atom. The fourth-order valence-electron chi connectivity index (χ4n) is 2.99. The summed E-state index contributed by atoms with van der Waals surface area (Å²) < 4.78 is 0. The molecule has 1 aromatic rings. The van der Waals surface area contributed by atoms with Crippen LogP contribution < -0.4 is 0 Å². The van der Waals surface area contributed by atoms with E-state index >= 15 is 0 Å². The second kappa shape index (κ2) is 7.88. The predicted octanol–water partition coefficient (Wildman–Crippen LogP) is 4.33. The number of aryl methyl sites for hydroxylation is 2. The van der Waals surface area contributed by atoms with Crippen LogP contribution in [-0.4, -0.2) is 29.1 Å². The molecule has 0 radical (unpaired) electrons. The summed E-state index contributed by atoms with van der Waals surface area (Å²) in [5.41, 5.74) is 3.93. The molecule has 2 rings (SSSR count). The number of hydrogen-bond acceptors (Lipinski definition) is 2. The van der Waals surface area contributed by atoms with Crippen molar-refractivity contribution in [2.45, 2.75) is 57.5 Å². The van der Waals surface area contributed by atoms with E-state index in [1.807, 2.05) is 0 Å². The molecule has 1 fully saturated rings. The summed E-state index contributed by atoms with van der Waals surface area (Å²) in [7, 11) is 0. The van der Waals surface area contributed by atoms with Crippen LogP contribution in [0.5, 0.6) is 0 Å². The van der Waals surface area contributed by atoms with Crippen molar-refractivity contribution < 1.29 is 4.79 Å². The van der Waals surface area contributed by atoms with Gasteiger partial charge in [0.15, 0.2) is 0 Å². The van der Waals surface area contributed by atoms with Gasteiger partial charge in [-0.25, -0.2) is 0 Å². The summed E-state index contributed by atoms with van der Waals surface area (Å²) in [6, 6.07) is 6.65. The number of rotatable bonds is 4. The first kappa shape index (κ1) is 16.4. The number of nitrogens with zero attached hydrogens (tertiary/aromatic N) is 1. The summed E-state index contributed by atoms with van der Waals surface area (Å²) in [6.45, 7) is 8.22. The molecule has 0 bridgehead atoms. The molecule has 0 spiro atoms. The molecular formula is C18H27NOS. The smallest absolute Gasteiger partial charge is 0.235 e. The van der Waals surface area contributed by atoms with Crippen molar-refractivity contribution in [1.29, 1.82) is 0 Å². The first-order chi connectivity index (χ1) is 10.1. The van der Waals surface area contributed by atoms with E-state index in [2.05, 4.69) is 43.9 Å². The lowest BCUT2D eigenvalue weighted by Gasteiger charge is -2.24. The third kappa shape index (κ3) is 5.06. The number of thioether (sulfide) groups is 1. The van der Waals surface area contributed by atoms with Crippen molar-refractivity contribution in [3.05, 3.63) is 34.9 Å². The highest BCUT2D eigenvalue weighted by Gasteiger charge is 2.21. The number of benzene rings is 1. The van der Waals surface area contributed by atoms with E-state index in [1.54, 1.807) is 11.8 Å². The Morgan fingerprint density at radius 1 is 1.10 bits per heavy atom. The van der Waals surface area contributed by atoms with Crippen molar-refractivity contribution in [2.24, 2.45) is 0 Å². The fraction of sp³-hybridized carbons (Fsp3) is 0.611. The number of carbonyl (C=O) groups excluding carboxylic acids is 1. The van der Waals surface area contributed by atoms with Crippen molar-refractivity contribution in [1.82, 2.24) is 4.90 Å². The third-order valence-corrected chi connectivity index (χ3v) is 5.25. The quantitative estimate of drug-likeness (QED) is 0.825. The maximum atomic E-state index is 12.5. The Balaban J connectivity index is 1.88. The summed E-state index contributed by atoms with van der Waals surface area (Å²) in [4.78, 5) is 14.6. The minimum atomic E-state index is 0.0592. The second-order valence-corrected chi connectivity index (χ2v) is 7.52. The molecule has 0 aromatic heterocycles. The summed E-state index contributed by atoms with van der Waals surface area (Å²) in [5.74, 6) is 1.25. The molecule has 1 unspecified atom stereocenters. The summed E-state index contributed by atoms with van der Waals surface area (Å²) in [6.07, 6.45) is 4.88. The lowest BCUT2D eigenvalue weighted by atomic mass is 10.1. The van der Waals surface area contributed by atoms with Crippen LogP contribution in [-0.2, 0) is 10.5 Å². The molecule has 1 aliphatic heterocycles. The van der Waals surface area contributed by atoms with Gasteiger partial charge in [-0.05, 0) is 39.2 Å². The Bertz CT molecular complexity index is 458. The van der Waals surface area contributed by atoms with Gasteiger partial charge in [0, 0.05) is 18.8 Å². The van der Waals surface area contributed by atoms with Crippen LogP contribution >= 0.6 is 11.8 Å². The normalized spacial score (nSPS) is 17.4. The zero-order valence-corrected chi connectivity index (χ0v) is 14.3. The van der Waals surface area contributed by atoms with E-state index in [0.717, 1.165) is 18.8 Å². The van der Waals surface area contributed by atoms with E-state index < -0.39 is 0 Å². The molecule has 1 atom stereocenters. The Hall–Kier alpha value is -0.960. The number of hydrogen-bond donors (Lipinski definition) is 0. The van der Waals surface area contributed by atoms with E-state index in [4.69, 9.17) is 0 Å². The van der Waals surface area contributed by atoms with Crippen LogP contribution in [0.4, 0.5) is 0 Å². The van der Waals surface area contributed by atoms with Gasteiger partial charge in [-0.1, -0.05) is 42.2 Å². The molecule has 116 valence electrons. The van der Waals surface area contributed by atoms with Crippen molar-refractivity contribution in [3.8, 4) is 0 Å². The van der Waals surface area contributed by atoms with Gasteiger partial charge in [0.25, 0.3) is 0 Å². The number of likely N-dealkylation sites (tertiary alicyclic amines) is 1. The minimum absolute atomic E-state index is 0.0592. The zero-order valence-electron chi connectivity index (χ0n) is 13.5. The van der Waals surface area contributed by atoms with Crippen molar-refractivity contribution >= 4 is 17.7 Å². The van der Waals surface area contributed by atoms with E-state index in [0.29, 0.717) is 5.91 Å².